The van der Waals surface area contributed by atoms with E-state index in [1.165, 1.54) is 16.0 Å². The number of carbonyl (C=O) groups is 1. The van der Waals surface area contributed by atoms with Crippen LogP contribution in [0.5, 0.6) is 0 Å². The van der Waals surface area contributed by atoms with Crippen LogP contribution in [0, 0.1) is 5.41 Å². The molecule has 4 heteroatoms. The average molecular weight is 316 g/mol. The molecule has 0 bridgehead atoms. The third kappa shape index (κ3) is 5.38. The van der Waals surface area contributed by atoms with E-state index < -0.39 is 6.09 Å². The van der Waals surface area contributed by atoms with Gasteiger partial charge in [-0.3, -0.25) is 4.99 Å². The molecule has 0 spiro atoms. The molecule has 1 aromatic carbocycles. The van der Waals surface area contributed by atoms with Gasteiger partial charge in [0.05, 0.1) is 0 Å². The molecule has 0 aliphatic carbocycles. The molecule has 4 nitrogen and oxygen atoms in total. The number of nitrogens with zero attached hydrogens (tertiary/aromatic N) is 2. The van der Waals surface area contributed by atoms with Crippen molar-refractivity contribution in [1.82, 2.24) is 4.90 Å². The van der Waals surface area contributed by atoms with E-state index in [9.17, 15) is 4.79 Å². The summed E-state index contributed by atoms with van der Waals surface area (Å²) in [6, 6.07) is 8.37. The van der Waals surface area contributed by atoms with Crippen molar-refractivity contribution in [3.05, 3.63) is 35.4 Å². The highest BCUT2D eigenvalue weighted by Gasteiger charge is 2.24. The molecule has 0 radical (unpaired) electrons. The first-order valence-electron chi connectivity index (χ1n) is 8.43. The highest BCUT2D eigenvalue weighted by Crippen LogP contribution is 2.30. The first-order chi connectivity index (χ1) is 10.9. The summed E-state index contributed by atoms with van der Waals surface area (Å²) < 4.78 is 0. The van der Waals surface area contributed by atoms with Gasteiger partial charge in [0.15, 0.2) is 0 Å². The summed E-state index contributed by atoms with van der Waals surface area (Å²) in [4.78, 5) is 17.1. The van der Waals surface area contributed by atoms with Gasteiger partial charge in [-0.1, -0.05) is 45.0 Å². The highest BCUT2D eigenvalue weighted by molar-refractivity contribution is 5.82. The maximum Gasteiger partial charge on any atom is 0.407 e. The Hall–Kier alpha value is -1.84. The second-order valence-corrected chi connectivity index (χ2v) is 7.52. The van der Waals surface area contributed by atoms with Gasteiger partial charge in [0.1, 0.15) is 0 Å². The van der Waals surface area contributed by atoms with Crippen LogP contribution in [-0.2, 0) is 0 Å². The summed E-state index contributed by atoms with van der Waals surface area (Å²) in [6.07, 6.45) is 4.03. The van der Waals surface area contributed by atoms with Crippen LogP contribution < -0.4 is 0 Å². The molecule has 126 valence electrons. The average Bonchev–Trinajstić information content (AvgIpc) is 2.51. The predicted octanol–water partition coefficient (Wildman–Crippen LogP) is 4.40. The standard InChI is InChI=1S/C19H28N2O2/c1-19(2,3)10-11-20-14-16-6-4-5-7-17(16)15-8-12-21(13-9-15)18(22)23/h4-7,14-15H,8-13H2,1-3H3,(H,22,23)/b20-14+. The molecule has 0 saturated carbocycles. The Kier molecular flexibility index (Phi) is 5.80. The molecule has 1 aromatic rings. The maximum atomic E-state index is 11.0. The summed E-state index contributed by atoms with van der Waals surface area (Å²) >= 11 is 0. The first kappa shape index (κ1) is 17.5. The monoisotopic (exact) mass is 316 g/mol. The Morgan fingerprint density at radius 2 is 1.96 bits per heavy atom. The Balaban J connectivity index is 2.01. The summed E-state index contributed by atoms with van der Waals surface area (Å²) in [5, 5.41) is 9.06. The van der Waals surface area contributed by atoms with Crippen molar-refractivity contribution in [2.24, 2.45) is 10.4 Å². The van der Waals surface area contributed by atoms with Gasteiger partial charge in [-0.2, -0.15) is 0 Å². The topological polar surface area (TPSA) is 52.9 Å². The SMILES string of the molecule is CC(C)(C)CC/N=C/c1ccccc1C1CCN(C(=O)O)CC1. The van der Waals surface area contributed by atoms with E-state index in [0.717, 1.165) is 25.8 Å². The maximum absolute atomic E-state index is 11.0. The van der Waals surface area contributed by atoms with Crippen molar-refractivity contribution in [1.29, 1.82) is 0 Å². The van der Waals surface area contributed by atoms with Crippen LogP contribution in [0.4, 0.5) is 4.79 Å². The second kappa shape index (κ2) is 7.62. The zero-order chi connectivity index (χ0) is 16.9. The number of carboxylic acid groups (broad SMARTS) is 1. The lowest BCUT2D eigenvalue weighted by Gasteiger charge is -2.30. The molecular formula is C19H28N2O2. The number of amides is 1. The van der Waals surface area contributed by atoms with Crippen LogP contribution in [0.2, 0.25) is 0 Å². The van der Waals surface area contributed by atoms with Crippen molar-refractivity contribution in [3.63, 3.8) is 0 Å². The van der Waals surface area contributed by atoms with E-state index in [1.54, 1.807) is 0 Å². The molecule has 1 N–H and O–H groups in total. The minimum absolute atomic E-state index is 0.306. The lowest BCUT2D eigenvalue weighted by Crippen LogP contribution is -2.36. The molecule has 1 aliphatic rings. The lowest BCUT2D eigenvalue weighted by molar-refractivity contribution is 0.132. The first-order valence-corrected chi connectivity index (χ1v) is 8.43. The molecule has 0 aromatic heterocycles. The quantitative estimate of drug-likeness (QED) is 0.837. The molecule has 1 saturated heterocycles. The van der Waals surface area contributed by atoms with Gasteiger partial charge in [-0.15, -0.1) is 0 Å². The van der Waals surface area contributed by atoms with Crippen molar-refractivity contribution in [2.45, 2.75) is 46.0 Å². The zero-order valence-electron chi connectivity index (χ0n) is 14.5. The minimum Gasteiger partial charge on any atom is -0.465 e. The fourth-order valence-electron chi connectivity index (χ4n) is 2.94. The van der Waals surface area contributed by atoms with E-state index >= 15 is 0 Å². The van der Waals surface area contributed by atoms with Crippen LogP contribution in [-0.4, -0.2) is 41.9 Å². The Morgan fingerprint density at radius 1 is 1.30 bits per heavy atom. The smallest absolute Gasteiger partial charge is 0.407 e. The second-order valence-electron chi connectivity index (χ2n) is 7.52. The predicted molar refractivity (Wildman–Crippen MR) is 94.5 cm³/mol. The zero-order valence-corrected chi connectivity index (χ0v) is 14.5. The largest absolute Gasteiger partial charge is 0.465 e. The summed E-state index contributed by atoms with van der Waals surface area (Å²) in [6.45, 7) is 8.77. The van der Waals surface area contributed by atoms with Crippen LogP contribution in [0.15, 0.2) is 29.3 Å². The van der Waals surface area contributed by atoms with Crippen LogP contribution in [0.25, 0.3) is 0 Å². The summed E-state index contributed by atoms with van der Waals surface area (Å²) in [5.41, 5.74) is 2.78. The third-order valence-corrected chi connectivity index (χ3v) is 4.42. The number of rotatable bonds is 4. The molecule has 1 aliphatic heterocycles. The fourth-order valence-corrected chi connectivity index (χ4v) is 2.94. The fraction of sp³-hybridized carbons (Fsp3) is 0.579. The lowest BCUT2D eigenvalue weighted by atomic mass is 9.87. The number of aliphatic imine (C=N–C) groups is 1. The van der Waals surface area contributed by atoms with E-state index in [4.69, 9.17) is 5.11 Å². The van der Waals surface area contributed by atoms with Gasteiger partial charge < -0.3 is 10.0 Å². The molecule has 1 heterocycles. The number of hydrogen-bond donors (Lipinski definition) is 1. The van der Waals surface area contributed by atoms with Crippen LogP contribution >= 0.6 is 0 Å². The van der Waals surface area contributed by atoms with Gasteiger partial charge in [0.25, 0.3) is 0 Å². The van der Waals surface area contributed by atoms with E-state index in [2.05, 4.69) is 44.0 Å². The normalized spacial score (nSPS) is 16.9. The van der Waals surface area contributed by atoms with Gasteiger partial charge in [0, 0.05) is 25.8 Å². The number of piperidine rings is 1. The van der Waals surface area contributed by atoms with Gasteiger partial charge in [-0.05, 0) is 41.7 Å². The molecular weight excluding hydrogens is 288 g/mol. The molecule has 2 rings (SSSR count). The van der Waals surface area contributed by atoms with Crippen molar-refractivity contribution in [2.75, 3.05) is 19.6 Å². The Labute approximate surface area is 139 Å². The Morgan fingerprint density at radius 3 is 2.57 bits per heavy atom. The van der Waals surface area contributed by atoms with Gasteiger partial charge in [0.2, 0.25) is 0 Å². The van der Waals surface area contributed by atoms with Gasteiger partial charge >= 0.3 is 6.09 Å². The molecule has 0 unspecified atom stereocenters. The molecule has 1 fully saturated rings. The molecule has 23 heavy (non-hydrogen) atoms. The third-order valence-electron chi connectivity index (χ3n) is 4.42. The molecule has 1 amide bonds. The van der Waals surface area contributed by atoms with Crippen LogP contribution in [0.1, 0.15) is 57.1 Å². The van der Waals surface area contributed by atoms with E-state index in [-0.39, 0.29) is 0 Å². The van der Waals surface area contributed by atoms with Gasteiger partial charge in [-0.25, -0.2) is 4.79 Å². The highest BCUT2D eigenvalue weighted by atomic mass is 16.4. The van der Waals surface area contributed by atoms with Crippen molar-refractivity contribution >= 4 is 12.3 Å². The number of hydrogen-bond acceptors (Lipinski definition) is 2. The molecule has 0 atom stereocenters. The minimum atomic E-state index is -0.805. The van der Waals surface area contributed by atoms with E-state index in [1.807, 2.05) is 12.3 Å². The number of benzene rings is 1. The van der Waals surface area contributed by atoms with Crippen molar-refractivity contribution < 1.29 is 9.90 Å². The number of likely N-dealkylation sites (tertiary alicyclic amines) is 1. The van der Waals surface area contributed by atoms with Crippen LogP contribution in [0.3, 0.4) is 0 Å². The van der Waals surface area contributed by atoms with E-state index in [0.29, 0.717) is 24.4 Å². The summed E-state index contributed by atoms with van der Waals surface area (Å²) in [7, 11) is 0. The summed E-state index contributed by atoms with van der Waals surface area (Å²) in [5.74, 6) is 0.427. The Bertz CT molecular complexity index is 553. The van der Waals surface area contributed by atoms with Crippen molar-refractivity contribution in [3.8, 4) is 0 Å².